The van der Waals surface area contributed by atoms with Gasteiger partial charge in [-0.25, -0.2) is 14.2 Å². The van der Waals surface area contributed by atoms with Crippen LogP contribution in [0.3, 0.4) is 0 Å². The molecule has 12 heteroatoms. The summed E-state index contributed by atoms with van der Waals surface area (Å²) in [6, 6.07) is 0.397. The van der Waals surface area contributed by atoms with E-state index in [1.165, 1.54) is 0 Å². The molecular formula is C26H40FN9O2. The van der Waals surface area contributed by atoms with Crippen molar-refractivity contribution in [1.29, 1.82) is 0 Å². The molecule has 3 aliphatic heterocycles. The second kappa shape index (κ2) is 10.6. The molecule has 2 fully saturated rings. The lowest BCUT2D eigenvalue weighted by Gasteiger charge is -2.47. The average Bonchev–Trinajstić information content (AvgIpc) is 3.41. The second-order valence-electron chi connectivity index (χ2n) is 11.3. The van der Waals surface area contributed by atoms with Crippen LogP contribution in [0.25, 0.3) is 0 Å². The summed E-state index contributed by atoms with van der Waals surface area (Å²) in [7, 11) is 0. The summed E-state index contributed by atoms with van der Waals surface area (Å²) in [4.78, 5) is 28.6. The minimum absolute atomic E-state index is 0.0123. The highest BCUT2D eigenvalue weighted by molar-refractivity contribution is 5.78. The van der Waals surface area contributed by atoms with Crippen molar-refractivity contribution in [2.75, 3.05) is 50.0 Å². The molecule has 0 bridgehead atoms. The van der Waals surface area contributed by atoms with Crippen molar-refractivity contribution in [3.63, 3.8) is 0 Å². The number of hydrogen-bond acceptors (Lipinski definition) is 8. The van der Waals surface area contributed by atoms with E-state index in [0.29, 0.717) is 37.3 Å². The Labute approximate surface area is 223 Å². The standard InChI is InChI=1S/C26H40FN9O2/c1-6-28-24-29-11-20(27)23(31-24)30-22-19-15-36(26(4,5)21(19)32-33-22)25(37)35-13-16(2)34(12-17(35)3)14-18-7-9-38-10-8-18/h11,16-18H,6-10,12-15H2,1-5H3,(H3,28,29,30,31,32,33)/t16-,17+/m1/s1. The van der Waals surface area contributed by atoms with Crippen LogP contribution in [0.5, 0.6) is 0 Å². The molecule has 2 aromatic rings. The maximum Gasteiger partial charge on any atom is 0.321 e. The van der Waals surface area contributed by atoms with Gasteiger partial charge in [-0.1, -0.05) is 0 Å². The van der Waals surface area contributed by atoms with E-state index in [9.17, 15) is 9.18 Å². The number of anilines is 3. The van der Waals surface area contributed by atoms with Crippen LogP contribution in [0.4, 0.5) is 26.8 Å². The number of H-pyrrole nitrogens is 1. The number of amides is 2. The highest BCUT2D eigenvalue weighted by atomic mass is 19.1. The van der Waals surface area contributed by atoms with Crippen molar-refractivity contribution in [3.8, 4) is 0 Å². The number of nitrogens with zero attached hydrogens (tertiary/aromatic N) is 6. The molecule has 11 nitrogen and oxygen atoms in total. The molecule has 2 saturated heterocycles. The number of piperazine rings is 1. The van der Waals surface area contributed by atoms with Gasteiger partial charge in [0.1, 0.15) is 0 Å². The van der Waals surface area contributed by atoms with Crippen molar-refractivity contribution in [2.24, 2.45) is 5.92 Å². The van der Waals surface area contributed by atoms with Gasteiger partial charge in [-0.15, -0.1) is 0 Å². The number of nitrogens with one attached hydrogen (secondary N) is 3. The molecule has 2 amide bonds. The lowest BCUT2D eigenvalue weighted by atomic mass is 9.97. The van der Waals surface area contributed by atoms with E-state index < -0.39 is 11.4 Å². The van der Waals surface area contributed by atoms with Crippen LogP contribution in [-0.4, -0.2) is 92.4 Å². The van der Waals surface area contributed by atoms with E-state index in [0.717, 1.165) is 56.6 Å². The first-order valence-corrected chi connectivity index (χ1v) is 13.7. The Hall–Kier alpha value is -2.99. The van der Waals surface area contributed by atoms with Gasteiger partial charge in [0.2, 0.25) is 5.95 Å². The van der Waals surface area contributed by atoms with Gasteiger partial charge in [-0.2, -0.15) is 10.1 Å². The number of fused-ring (bicyclic) bond motifs is 1. The number of aromatic amines is 1. The van der Waals surface area contributed by atoms with Gasteiger partial charge in [0.25, 0.3) is 0 Å². The van der Waals surface area contributed by atoms with Gasteiger partial charge in [0.05, 0.1) is 24.0 Å². The number of aromatic nitrogens is 4. The molecule has 0 saturated carbocycles. The number of hydrogen-bond donors (Lipinski definition) is 3. The van der Waals surface area contributed by atoms with Crippen LogP contribution in [0.2, 0.25) is 0 Å². The first-order chi connectivity index (χ1) is 18.2. The minimum atomic E-state index is -0.597. The number of rotatable bonds is 6. The molecule has 0 spiro atoms. The number of ether oxygens (including phenoxy) is 1. The smallest absolute Gasteiger partial charge is 0.321 e. The highest BCUT2D eigenvalue weighted by Gasteiger charge is 2.47. The summed E-state index contributed by atoms with van der Waals surface area (Å²) in [5.74, 6) is 0.923. The van der Waals surface area contributed by atoms with Gasteiger partial charge in [0, 0.05) is 57.0 Å². The Balaban J connectivity index is 1.29. The minimum Gasteiger partial charge on any atom is -0.381 e. The van der Waals surface area contributed by atoms with Gasteiger partial charge >= 0.3 is 6.03 Å². The molecule has 0 aliphatic carbocycles. The summed E-state index contributed by atoms with van der Waals surface area (Å²) in [6.45, 7) is 15.6. The molecule has 0 unspecified atom stereocenters. The molecule has 5 heterocycles. The van der Waals surface area contributed by atoms with E-state index in [2.05, 4.69) is 49.5 Å². The summed E-state index contributed by atoms with van der Waals surface area (Å²) >= 11 is 0. The second-order valence-corrected chi connectivity index (χ2v) is 11.3. The molecule has 208 valence electrons. The summed E-state index contributed by atoms with van der Waals surface area (Å²) in [6.07, 6.45) is 3.35. The molecule has 0 radical (unpaired) electrons. The first-order valence-electron chi connectivity index (χ1n) is 13.7. The Morgan fingerprint density at radius 1 is 1.21 bits per heavy atom. The number of halogens is 1. The zero-order chi connectivity index (χ0) is 27.0. The van der Waals surface area contributed by atoms with Crippen LogP contribution < -0.4 is 10.6 Å². The maximum atomic E-state index is 14.5. The summed E-state index contributed by atoms with van der Waals surface area (Å²) in [5, 5.41) is 13.5. The quantitative estimate of drug-likeness (QED) is 0.521. The fraction of sp³-hybridized carbons (Fsp3) is 0.692. The topological polar surface area (TPSA) is 115 Å². The predicted octanol–water partition coefficient (Wildman–Crippen LogP) is 3.51. The Bertz CT molecular complexity index is 1150. The van der Waals surface area contributed by atoms with Gasteiger partial charge in [0.15, 0.2) is 17.5 Å². The lowest BCUT2D eigenvalue weighted by Crippen LogP contribution is -2.62. The third kappa shape index (κ3) is 5.03. The molecule has 0 aromatic carbocycles. The van der Waals surface area contributed by atoms with Crippen molar-refractivity contribution in [2.45, 2.75) is 71.6 Å². The Kier molecular flexibility index (Phi) is 7.45. The van der Waals surface area contributed by atoms with Crippen LogP contribution in [0.1, 0.15) is 58.7 Å². The molecule has 38 heavy (non-hydrogen) atoms. The third-order valence-corrected chi connectivity index (χ3v) is 8.21. The van der Waals surface area contributed by atoms with E-state index >= 15 is 0 Å². The maximum absolute atomic E-state index is 14.5. The number of carbonyl (C=O) groups excluding carboxylic acids is 1. The molecule has 3 aliphatic rings. The van der Waals surface area contributed by atoms with E-state index in [-0.39, 0.29) is 23.9 Å². The summed E-state index contributed by atoms with van der Waals surface area (Å²) < 4.78 is 20.0. The van der Waals surface area contributed by atoms with Gasteiger partial charge in [-0.05, 0) is 53.4 Å². The molecule has 2 atom stereocenters. The van der Waals surface area contributed by atoms with E-state index in [1.54, 1.807) is 0 Å². The lowest BCUT2D eigenvalue weighted by molar-refractivity contribution is 0.00882. The van der Waals surface area contributed by atoms with Crippen molar-refractivity contribution in [3.05, 3.63) is 23.3 Å². The Morgan fingerprint density at radius 3 is 2.71 bits per heavy atom. The monoisotopic (exact) mass is 529 g/mol. The molecule has 2 aromatic heterocycles. The van der Waals surface area contributed by atoms with Crippen molar-refractivity contribution in [1.82, 2.24) is 34.9 Å². The zero-order valence-corrected chi connectivity index (χ0v) is 23.1. The van der Waals surface area contributed by atoms with Crippen molar-refractivity contribution < 1.29 is 13.9 Å². The molecule has 5 rings (SSSR count). The van der Waals surface area contributed by atoms with Gasteiger partial charge in [-0.3, -0.25) is 10.00 Å². The average molecular weight is 530 g/mol. The SMILES string of the molecule is CCNc1ncc(F)c(Nc2n[nH]c3c2CN(C(=O)N2C[C@@H](C)N(CC4CCOCC4)C[C@@H]2C)C3(C)C)n1. The van der Waals surface area contributed by atoms with E-state index in [4.69, 9.17) is 4.74 Å². The third-order valence-electron chi connectivity index (χ3n) is 8.21. The summed E-state index contributed by atoms with van der Waals surface area (Å²) in [5.41, 5.74) is 1.08. The first kappa shape index (κ1) is 26.6. The molecule has 3 N–H and O–H groups in total. The molecular weight excluding hydrogens is 489 g/mol. The van der Waals surface area contributed by atoms with Crippen LogP contribution >= 0.6 is 0 Å². The number of carbonyl (C=O) groups is 1. The number of urea groups is 1. The van der Waals surface area contributed by atoms with Gasteiger partial charge < -0.3 is 25.2 Å². The van der Waals surface area contributed by atoms with Crippen LogP contribution in [-0.2, 0) is 16.8 Å². The fourth-order valence-electron chi connectivity index (χ4n) is 5.87. The highest BCUT2D eigenvalue weighted by Crippen LogP contribution is 2.42. The van der Waals surface area contributed by atoms with Crippen LogP contribution in [0, 0.1) is 11.7 Å². The zero-order valence-electron chi connectivity index (χ0n) is 23.1. The van der Waals surface area contributed by atoms with E-state index in [1.807, 2.05) is 30.6 Å². The predicted molar refractivity (Wildman–Crippen MR) is 143 cm³/mol. The Morgan fingerprint density at radius 2 is 1.97 bits per heavy atom. The largest absolute Gasteiger partial charge is 0.381 e. The van der Waals surface area contributed by atoms with Crippen molar-refractivity contribution >= 4 is 23.6 Å². The fourth-order valence-corrected chi connectivity index (χ4v) is 5.87. The normalized spacial score (nSPS) is 23.9. The van der Waals surface area contributed by atoms with Crippen LogP contribution in [0.15, 0.2) is 6.20 Å².